The molecule has 2 N–H and O–H groups in total. The summed E-state index contributed by atoms with van der Waals surface area (Å²) in [5.41, 5.74) is 4.25. The lowest BCUT2D eigenvalue weighted by Gasteiger charge is -2.10. The van der Waals surface area contributed by atoms with Crippen molar-refractivity contribution < 1.29 is 9.90 Å². The summed E-state index contributed by atoms with van der Waals surface area (Å²) in [7, 11) is 0. The molecule has 0 amide bonds. The number of carboxylic acids is 1. The fourth-order valence-corrected chi connectivity index (χ4v) is 2.62. The molecule has 3 aromatic carbocycles. The van der Waals surface area contributed by atoms with Crippen LogP contribution in [0.1, 0.15) is 15.9 Å². The summed E-state index contributed by atoms with van der Waals surface area (Å²) >= 11 is 6.12. The van der Waals surface area contributed by atoms with E-state index in [0.717, 1.165) is 11.1 Å². The van der Waals surface area contributed by atoms with Crippen molar-refractivity contribution >= 4 is 23.3 Å². The summed E-state index contributed by atoms with van der Waals surface area (Å²) in [5.74, 6) is -0.970. The highest BCUT2D eigenvalue weighted by atomic mass is 35.5. The number of rotatable bonds is 5. The van der Waals surface area contributed by atoms with Crippen LogP contribution >= 0.6 is 11.6 Å². The molecule has 0 aliphatic heterocycles. The maximum atomic E-state index is 11.0. The lowest BCUT2D eigenvalue weighted by atomic mass is 10.0. The van der Waals surface area contributed by atoms with Crippen molar-refractivity contribution in [3.8, 4) is 11.1 Å². The molecule has 3 nitrogen and oxygen atoms in total. The molecule has 0 saturated carbocycles. The first kappa shape index (κ1) is 16.1. The molecule has 0 radical (unpaired) electrons. The van der Waals surface area contributed by atoms with Gasteiger partial charge in [-0.3, -0.25) is 0 Å². The Morgan fingerprint density at radius 1 is 0.917 bits per heavy atom. The van der Waals surface area contributed by atoms with Crippen molar-refractivity contribution in [1.82, 2.24) is 0 Å². The molecule has 0 spiro atoms. The Balaban J connectivity index is 1.71. The monoisotopic (exact) mass is 337 g/mol. The zero-order valence-electron chi connectivity index (χ0n) is 12.9. The SMILES string of the molecule is O=C(O)c1ccc(Cl)c(NCc2ccc(-c3ccccc3)cc2)c1. The number of hydrogen-bond donors (Lipinski definition) is 2. The van der Waals surface area contributed by atoms with Crippen molar-refractivity contribution in [2.45, 2.75) is 6.54 Å². The van der Waals surface area contributed by atoms with Gasteiger partial charge in [-0.2, -0.15) is 0 Å². The van der Waals surface area contributed by atoms with E-state index < -0.39 is 5.97 Å². The van der Waals surface area contributed by atoms with Gasteiger partial charge in [0.25, 0.3) is 0 Å². The third kappa shape index (κ3) is 3.76. The van der Waals surface area contributed by atoms with Crippen LogP contribution in [-0.2, 0) is 6.54 Å². The Bertz CT molecular complexity index is 845. The van der Waals surface area contributed by atoms with E-state index in [-0.39, 0.29) is 5.56 Å². The topological polar surface area (TPSA) is 49.3 Å². The molecule has 0 aromatic heterocycles. The molecule has 3 rings (SSSR count). The highest BCUT2D eigenvalue weighted by Crippen LogP contribution is 2.24. The Hall–Kier alpha value is -2.78. The van der Waals surface area contributed by atoms with Gasteiger partial charge < -0.3 is 10.4 Å². The maximum absolute atomic E-state index is 11.0. The highest BCUT2D eigenvalue weighted by Gasteiger charge is 2.07. The Kier molecular flexibility index (Phi) is 4.82. The summed E-state index contributed by atoms with van der Waals surface area (Å²) < 4.78 is 0. The summed E-state index contributed by atoms with van der Waals surface area (Å²) in [5, 5.41) is 12.7. The second kappa shape index (κ2) is 7.20. The lowest BCUT2D eigenvalue weighted by molar-refractivity contribution is 0.0697. The minimum atomic E-state index is -0.970. The van der Waals surface area contributed by atoms with Gasteiger partial charge in [0, 0.05) is 6.54 Å². The van der Waals surface area contributed by atoms with Gasteiger partial charge in [-0.25, -0.2) is 4.79 Å². The second-order valence-corrected chi connectivity index (χ2v) is 5.82. The molecule has 0 heterocycles. The van der Waals surface area contributed by atoms with Crippen LogP contribution in [0, 0.1) is 0 Å². The van der Waals surface area contributed by atoms with Crippen LogP contribution in [0.25, 0.3) is 11.1 Å². The van der Waals surface area contributed by atoms with Crippen molar-refractivity contribution in [3.63, 3.8) is 0 Å². The van der Waals surface area contributed by atoms with Gasteiger partial charge in [-0.05, 0) is 34.9 Å². The van der Waals surface area contributed by atoms with Crippen LogP contribution in [-0.4, -0.2) is 11.1 Å². The van der Waals surface area contributed by atoms with Crippen molar-refractivity contribution in [2.24, 2.45) is 0 Å². The zero-order valence-corrected chi connectivity index (χ0v) is 13.6. The number of benzene rings is 3. The molecule has 24 heavy (non-hydrogen) atoms. The number of carbonyl (C=O) groups is 1. The number of aromatic carboxylic acids is 1. The molecule has 0 atom stereocenters. The third-order valence-corrected chi connectivity index (χ3v) is 4.09. The first-order valence-corrected chi connectivity index (χ1v) is 7.92. The number of anilines is 1. The van der Waals surface area contributed by atoms with E-state index in [9.17, 15) is 4.79 Å². The van der Waals surface area contributed by atoms with Crippen LogP contribution in [0.2, 0.25) is 5.02 Å². The third-order valence-electron chi connectivity index (χ3n) is 3.76. The minimum Gasteiger partial charge on any atom is -0.478 e. The van der Waals surface area contributed by atoms with Crippen LogP contribution in [0.4, 0.5) is 5.69 Å². The van der Waals surface area contributed by atoms with E-state index in [1.807, 2.05) is 30.3 Å². The molecule has 0 bridgehead atoms. The average molecular weight is 338 g/mol. The molecule has 3 aromatic rings. The predicted octanol–water partition coefficient (Wildman–Crippen LogP) is 5.32. The zero-order chi connectivity index (χ0) is 16.9. The molecule has 0 unspecified atom stereocenters. The van der Waals surface area contributed by atoms with Crippen molar-refractivity contribution in [3.05, 3.63) is 88.9 Å². The highest BCUT2D eigenvalue weighted by molar-refractivity contribution is 6.33. The molecular formula is C20H16ClNO2. The van der Waals surface area contributed by atoms with Gasteiger partial charge in [0.05, 0.1) is 16.3 Å². The summed E-state index contributed by atoms with van der Waals surface area (Å²) in [6.45, 7) is 0.567. The number of hydrogen-bond acceptors (Lipinski definition) is 2. The number of nitrogens with one attached hydrogen (secondary N) is 1. The van der Waals surface area contributed by atoms with Gasteiger partial charge in [0.15, 0.2) is 0 Å². The van der Waals surface area contributed by atoms with Gasteiger partial charge >= 0.3 is 5.97 Å². The molecule has 0 saturated heterocycles. The Morgan fingerprint density at radius 2 is 1.58 bits per heavy atom. The largest absolute Gasteiger partial charge is 0.478 e. The van der Waals surface area contributed by atoms with Gasteiger partial charge in [-0.15, -0.1) is 0 Å². The van der Waals surface area contributed by atoms with E-state index in [1.54, 1.807) is 12.1 Å². The Labute approximate surface area is 145 Å². The molecular weight excluding hydrogens is 322 g/mol. The minimum absolute atomic E-state index is 0.210. The molecule has 4 heteroatoms. The fraction of sp³-hybridized carbons (Fsp3) is 0.0500. The van der Waals surface area contributed by atoms with Gasteiger partial charge in [0.1, 0.15) is 0 Å². The van der Waals surface area contributed by atoms with Crippen LogP contribution in [0.3, 0.4) is 0 Å². The maximum Gasteiger partial charge on any atom is 0.335 e. The van der Waals surface area contributed by atoms with E-state index in [2.05, 4.69) is 29.6 Å². The number of carboxylic acid groups (broad SMARTS) is 1. The quantitative estimate of drug-likeness (QED) is 0.662. The standard InChI is InChI=1S/C20H16ClNO2/c21-18-11-10-17(20(23)24)12-19(18)22-13-14-6-8-16(9-7-14)15-4-2-1-3-5-15/h1-12,22H,13H2,(H,23,24). The van der Waals surface area contributed by atoms with E-state index in [4.69, 9.17) is 16.7 Å². The fourth-order valence-electron chi connectivity index (χ4n) is 2.44. The summed E-state index contributed by atoms with van der Waals surface area (Å²) in [6.07, 6.45) is 0. The van der Waals surface area contributed by atoms with Gasteiger partial charge in [0.2, 0.25) is 0 Å². The molecule has 0 aliphatic carbocycles. The van der Waals surface area contributed by atoms with Crippen LogP contribution < -0.4 is 5.32 Å². The van der Waals surface area contributed by atoms with Crippen LogP contribution in [0.5, 0.6) is 0 Å². The van der Waals surface area contributed by atoms with E-state index in [1.165, 1.54) is 11.6 Å². The molecule has 0 aliphatic rings. The first-order valence-electron chi connectivity index (χ1n) is 7.54. The average Bonchev–Trinajstić information content (AvgIpc) is 2.62. The second-order valence-electron chi connectivity index (χ2n) is 5.42. The number of halogens is 1. The first-order chi connectivity index (χ1) is 11.6. The Morgan fingerprint density at radius 3 is 2.25 bits per heavy atom. The van der Waals surface area contributed by atoms with Crippen LogP contribution in [0.15, 0.2) is 72.8 Å². The molecule has 0 fully saturated rings. The van der Waals surface area contributed by atoms with Gasteiger partial charge in [-0.1, -0.05) is 66.2 Å². The van der Waals surface area contributed by atoms with E-state index >= 15 is 0 Å². The lowest BCUT2D eigenvalue weighted by Crippen LogP contribution is -2.02. The normalized spacial score (nSPS) is 10.4. The smallest absolute Gasteiger partial charge is 0.335 e. The predicted molar refractivity (Wildman–Crippen MR) is 97.6 cm³/mol. The van der Waals surface area contributed by atoms with Crippen molar-refractivity contribution in [1.29, 1.82) is 0 Å². The summed E-state index contributed by atoms with van der Waals surface area (Å²) in [4.78, 5) is 11.0. The van der Waals surface area contributed by atoms with Crippen molar-refractivity contribution in [2.75, 3.05) is 5.32 Å². The summed E-state index contributed by atoms with van der Waals surface area (Å²) in [6, 6.07) is 23.0. The molecule has 120 valence electrons. The van der Waals surface area contributed by atoms with E-state index in [0.29, 0.717) is 17.3 Å².